The van der Waals surface area contributed by atoms with Crippen LogP contribution in [0.5, 0.6) is 0 Å². The highest BCUT2D eigenvalue weighted by Crippen LogP contribution is 2.30. The van der Waals surface area contributed by atoms with Crippen LogP contribution < -0.4 is 5.32 Å². The molecule has 5 nitrogen and oxygen atoms in total. The first-order valence-corrected chi connectivity index (χ1v) is 7.17. The molecular weight excluding hydrogens is 278 g/mol. The zero-order chi connectivity index (χ0) is 14.9. The molecule has 1 aromatic rings. The second-order valence-corrected chi connectivity index (χ2v) is 6.08. The summed E-state index contributed by atoms with van der Waals surface area (Å²) in [4.78, 5) is 12.8. The van der Waals surface area contributed by atoms with E-state index < -0.39 is 4.92 Å². The third-order valence-corrected chi connectivity index (χ3v) is 4.44. The van der Waals surface area contributed by atoms with E-state index in [0.29, 0.717) is 22.7 Å². The van der Waals surface area contributed by atoms with Crippen molar-refractivity contribution < 1.29 is 4.92 Å². The van der Waals surface area contributed by atoms with Gasteiger partial charge in [-0.1, -0.05) is 18.5 Å². The lowest BCUT2D eigenvalue weighted by Gasteiger charge is -2.40. The first-order chi connectivity index (χ1) is 9.38. The van der Waals surface area contributed by atoms with Crippen LogP contribution >= 0.6 is 11.6 Å². The number of nitro groups is 1. The Balaban J connectivity index is 2.17. The fourth-order valence-electron chi connectivity index (χ4n) is 2.68. The molecule has 3 atom stereocenters. The van der Waals surface area contributed by atoms with Crippen molar-refractivity contribution in [2.45, 2.75) is 32.4 Å². The average molecular weight is 298 g/mol. The van der Waals surface area contributed by atoms with E-state index in [4.69, 9.17) is 11.6 Å². The molecule has 1 fully saturated rings. The summed E-state index contributed by atoms with van der Waals surface area (Å²) < 4.78 is 0. The van der Waals surface area contributed by atoms with Gasteiger partial charge in [0.1, 0.15) is 0 Å². The van der Waals surface area contributed by atoms with E-state index in [-0.39, 0.29) is 11.7 Å². The molecule has 1 N–H and O–H groups in total. The van der Waals surface area contributed by atoms with Gasteiger partial charge in [0.2, 0.25) is 0 Å². The molecule has 3 unspecified atom stereocenters. The van der Waals surface area contributed by atoms with Crippen LogP contribution in [0.1, 0.15) is 20.3 Å². The molecule has 0 amide bonds. The molecule has 1 aliphatic heterocycles. The summed E-state index contributed by atoms with van der Waals surface area (Å²) in [6.45, 7) is 5.38. The van der Waals surface area contributed by atoms with Crippen molar-refractivity contribution in [2.24, 2.45) is 5.92 Å². The first-order valence-electron chi connectivity index (χ1n) is 6.79. The maximum Gasteiger partial charge on any atom is 0.271 e. The fraction of sp³-hybridized carbons (Fsp3) is 0.571. The zero-order valence-electron chi connectivity index (χ0n) is 12.0. The van der Waals surface area contributed by atoms with E-state index >= 15 is 0 Å². The molecule has 1 saturated heterocycles. The Morgan fingerprint density at radius 3 is 2.80 bits per heavy atom. The molecular formula is C14H20ClN3O2. The number of nitrogens with zero attached hydrogens (tertiary/aromatic N) is 2. The lowest BCUT2D eigenvalue weighted by Crippen LogP contribution is -2.48. The van der Waals surface area contributed by atoms with Crippen molar-refractivity contribution in [2.75, 3.05) is 18.9 Å². The fourth-order valence-corrected chi connectivity index (χ4v) is 2.85. The monoisotopic (exact) mass is 297 g/mol. The zero-order valence-corrected chi connectivity index (χ0v) is 12.7. The van der Waals surface area contributed by atoms with E-state index in [1.807, 2.05) is 0 Å². The molecule has 0 aromatic heterocycles. The van der Waals surface area contributed by atoms with Crippen LogP contribution in [0.3, 0.4) is 0 Å². The minimum Gasteiger partial charge on any atom is -0.381 e. The van der Waals surface area contributed by atoms with Crippen LogP contribution in [0, 0.1) is 16.0 Å². The van der Waals surface area contributed by atoms with Crippen LogP contribution in [0.2, 0.25) is 5.02 Å². The lowest BCUT2D eigenvalue weighted by molar-refractivity contribution is -0.384. The Hall–Kier alpha value is -1.33. The van der Waals surface area contributed by atoms with Crippen LogP contribution in [0.15, 0.2) is 18.2 Å². The summed E-state index contributed by atoms with van der Waals surface area (Å²) in [5.41, 5.74) is 0.708. The summed E-state index contributed by atoms with van der Waals surface area (Å²) in [7, 11) is 2.12. The SMILES string of the molecule is CC1CN(C)C(C)CC1Nc1cc([N+](=O)[O-])ccc1Cl. The number of piperidine rings is 1. The van der Waals surface area contributed by atoms with E-state index in [2.05, 4.69) is 31.1 Å². The molecule has 110 valence electrons. The number of non-ortho nitro benzene ring substituents is 1. The van der Waals surface area contributed by atoms with E-state index in [9.17, 15) is 10.1 Å². The summed E-state index contributed by atoms with van der Waals surface area (Å²) >= 11 is 6.14. The summed E-state index contributed by atoms with van der Waals surface area (Å²) in [6.07, 6.45) is 0.997. The number of rotatable bonds is 3. The van der Waals surface area contributed by atoms with E-state index in [1.165, 1.54) is 12.1 Å². The van der Waals surface area contributed by atoms with Gasteiger partial charge < -0.3 is 10.2 Å². The van der Waals surface area contributed by atoms with Crippen LogP contribution in [-0.4, -0.2) is 35.5 Å². The van der Waals surface area contributed by atoms with Gasteiger partial charge in [0.05, 0.1) is 15.6 Å². The molecule has 1 aromatic carbocycles. The third-order valence-electron chi connectivity index (χ3n) is 4.11. The van der Waals surface area contributed by atoms with Gasteiger partial charge >= 0.3 is 0 Å². The summed E-state index contributed by atoms with van der Waals surface area (Å²) in [5.74, 6) is 0.464. The maximum atomic E-state index is 10.8. The topological polar surface area (TPSA) is 58.4 Å². The van der Waals surface area contributed by atoms with Crippen molar-refractivity contribution in [3.05, 3.63) is 33.3 Å². The minimum absolute atomic E-state index is 0.0607. The average Bonchev–Trinajstić information content (AvgIpc) is 2.38. The summed E-state index contributed by atoms with van der Waals surface area (Å²) in [6, 6.07) is 5.28. The van der Waals surface area contributed by atoms with Gasteiger partial charge in [0, 0.05) is 30.8 Å². The Morgan fingerprint density at radius 1 is 1.45 bits per heavy atom. The summed E-state index contributed by atoms with van der Waals surface area (Å²) in [5, 5.41) is 14.7. The Labute approximate surface area is 124 Å². The van der Waals surface area contributed by atoms with Gasteiger partial charge in [-0.2, -0.15) is 0 Å². The molecule has 0 bridgehead atoms. The van der Waals surface area contributed by atoms with Gasteiger partial charge in [0.25, 0.3) is 5.69 Å². The molecule has 0 aliphatic carbocycles. The molecule has 0 spiro atoms. The standard InChI is InChI=1S/C14H20ClN3O2/c1-9-8-17(3)10(2)6-13(9)16-14-7-11(18(19)20)4-5-12(14)15/h4-5,7,9-10,13,16H,6,8H2,1-3H3. The number of anilines is 1. The van der Waals surface area contributed by atoms with Crippen molar-refractivity contribution >= 4 is 23.0 Å². The van der Waals surface area contributed by atoms with Crippen molar-refractivity contribution in [3.63, 3.8) is 0 Å². The number of halogens is 1. The van der Waals surface area contributed by atoms with Crippen LogP contribution in [-0.2, 0) is 0 Å². The number of hydrogen-bond donors (Lipinski definition) is 1. The second-order valence-electron chi connectivity index (χ2n) is 5.67. The molecule has 1 aliphatic rings. The number of nitrogens with one attached hydrogen (secondary N) is 1. The van der Waals surface area contributed by atoms with Gasteiger partial charge in [-0.25, -0.2) is 0 Å². The predicted molar refractivity (Wildman–Crippen MR) is 81.4 cm³/mol. The highest BCUT2D eigenvalue weighted by atomic mass is 35.5. The van der Waals surface area contributed by atoms with Crippen molar-refractivity contribution in [1.29, 1.82) is 0 Å². The largest absolute Gasteiger partial charge is 0.381 e. The van der Waals surface area contributed by atoms with Gasteiger partial charge in [-0.3, -0.25) is 10.1 Å². The highest BCUT2D eigenvalue weighted by molar-refractivity contribution is 6.33. The predicted octanol–water partition coefficient (Wildman–Crippen LogP) is 3.39. The molecule has 20 heavy (non-hydrogen) atoms. The van der Waals surface area contributed by atoms with Crippen molar-refractivity contribution in [3.8, 4) is 0 Å². The van der Waals surface area contributed by atoms with Crippen LogP contribution in [0.25, 0.3) is 0 Å². The first kappa shape index (κ1) is 15.1. The van der Waals surface area contributed by atoms with E-state index in [1.54, 1.807) is 6.07 Å². The number of hydrogen-bond acceptors (Lipinski definition) is 4. The number of benzene rings is 1. The van der Waals surface area contributed by atoms with Gasteiger partial charge in [-0.15, -0.1) is 0 Å². The lowest BCUT2D eigenvalue weighted by atomic mass is 9.89. The Bertz CT molecular complexity index is 509. The van der Waals surface area contributed by atoms with Crippen molar-refractivity contribution in [1.82, 2.24) is 4.90 Å². The molecule has 6 heteroatoms. The maximum absolute atomic E-state index is 10.8. The number of nitro benzene ring substituents is 1. The Kier molecular flexibility index (Phi) is 4.50. The highest BCUT2D eigenvalue weighted by Gasteiger charge is 2.29. The van der Waals surface area contributed by atoms with Crippen LogP contribution in [0.4, 0.5) is 11.4 Å². The minimum atomic E-state index is -0.401. The molecule has 2 rings (SSSR count). The smallest absolute Gasteiger partial charge is 0.271 e. The Morgan fingerprint density at radius 2 is 2.15 bits per heavy atom. The van der Waals surface area contributed by atoms with Gasteiger partial charge in [-0.05, 0) is 32.4 Å². The molecule has 1 heterocycles. The van der Waals surface area contributed by atoms with Gasteiger partial charge in [0.15, 0.2) is 0 Å². The third kappa shape index (κ3) is 3.22. The molecule has 0 saturated carbocycles. The molecule has 0 radical (unpaired) electrons. The second kappa shape index (κ2) is 5.97. The normalized spacial score (nSPS) is 27.3. The number of likely N-dealkylation sites (tertiary alicyclic amines) is 1. The van der Waals surface area contributed by atoms with E-state index in [0.717, 1.165) is 13.0 Å². The quantitative estimate of drug-likeness (QED) is 0.686.